The van der Waals surface area contributed by atoms with E-state index in [0.717, 1.165) is 5.56 Å². The molecule has 0 fully saturated rings. The number of benzene rings is 2. The number of halogens is 1. The first-order valence-corrected chi connectivity index (χ1v) is 8.75. The molecule has 2 aromatic rings. The van der Waals surface area contributed by atoms with Crippen molar-refractivity contribution in [3.8, 4) is 5.75 Å². The zero-order chi connectivity index (χ0) is 19.1. The molecule has 2 rings (SSSR count). The standard InChI is InChI=1S/C20H23ClN2O3/c1-14-5-4-6-16(13-14)19(24)22-15(2)20(25)23(3)11-12-26-18-9-7-17(21)8-10-18/h4-10,13,15H,11-12H2,1-3H3,(H,22,24). The Morgan fingerprint density at radius 1 is 1.19 bits per heavy atom. The van der Waals surface area contributed by atoms with Crippen molar-refractivity contribution >= 4 is 23.4 Å². The van der Waals surface area contributed by atoms with Gasteiger partial charge in [-0.25, -0.2) is 0 Å². The molecule has 0 saturated carbocycles. The first-order valence-electron chi connectivity index (χ1n) is 8.37. The highest BCUT2D eigenvalue weighted by molar-refractivity contribution is 6.30. The van der Waals surface area contributed by atoms with Gasteiger partial charge in [-0.2, -0.15) is 0 Å². The van der Waals surface area contributed by atoms with Crippen molar-refractivity contribution in [2.75, 3.05) is 20.2 Å². The number of hydrogen-bond acceptors (Lipinski definition) is 3. The number of ether oxygens (including phenoxy) is 1. The molecule has 0 saturated heterocycles. The van der Waals surface area contributed by atoms with E-state index in [1.54, 1.807) is 50.4 Å². The minimum atomic E-state index is -0.622. The maximum atomic E-state index is 12.4. The molecule has 5 nitrogen and oxygen atoms in total. The predicted octanol–water partition coefficient (Wildman–Crippen LogP) is 3.30. The second-order valence-corrected chi connectivity index (χ2v) is 6.56. The Morgan fingerprint density at radius 3 is 2.54 bits per heavy atom. The van der Waals surface area contributed by atoms with Crippen molar-refractivity contribution in [2.45, 2.75) is 19.9 Å². The topological polar surface area (TPSA) is 58.6 Å². The lowest BCUT2D eigenvalue weighted by molar-refractivity contribution is -0.131. The summed E-state index contributed by atoms with van der Waals surface area (Å²) < 4.78 is 5.59. The average Bonchev–Trinajstić information content (AvgIpc) is 2.62. The van der Waals surface area contributed by atoms with E-state index in [1.807, 2.05) is 19.1 Å². The molecule has 138 valence electrons. The van der Waals surface area contributed by atoms with Crippen molar-refractivity contribution in [3.63, 3.8) is 0 Å². The van der Waals surface area contributed by atoms with Crippen LogP contribution >= 0.6 is 11.6 Å². The van der Waals surface area contributed by atoms with Gasteiger partial charge in [0.15, 0.2) is 0 Å². The number of carbonyl (C=O) groups excluding carboxylic acids is 2. The van der Waals surface area contributed by atoms with E-state index in [9.17, 15) is 9.59 Å². The minimum Gasteiger partial charge on any atom is -0.492 e. The molecule has 2 amide bonds. The third-order valence-electron chi connectivity index (χ3n) is 3.88. The lowest BCUT2D eigenvalue weighted by Crippen LogP contribution is -2.46. The lowest BCUT2D eigenvalue weighted by Gasteiger charge is -2.22. The number of carbonyl (C=O) groups is 2. The van der Waals surface area contributed by atoms with Crippen LogP contribution in [0.25, 0.3) is 0 Å². The van der Waals surface area contributed by atoms with Crippen LogP contribution in [0.15, 0.2) is 48.5 Å². The molecule has 26 heavy (non-hydrogen) atoms. The highest BCUT2D eigenvalue weighted by Crippen LogP contribution is 2.15. The largest absolute Gasteiger partial charge is 0.492 e. The van der Waals surface area contributed by atoms with Gasteiger partial charge in [0.05, 0.1) is 6.54 Å². The molecule has 1 atom stereocenters. The third-order valence-corrected chi connectivity index (χ3v) is 4.14. The van der Waals surface area contributed by atoms with Crippen LogP contribution in [0.2, 0.25) is 5.02 Å². The number of hydrogen-bond donors (Lipinski definition) is 1. The molecule has 0 aliphatic heterocycles. The van der Waals surface area contributed by atoms with Crippen LogP contribution in [0, 0.1) is 6.92 Å². The third kappa shape index (κ3) is 5.77. The second kappa shape index (κ2) is 9.25. The van der Waals surface area contributed by atoms with Gasteiger partial charge in [-0.15, -0.1) is 0 Å². The van der Waals surface area contributed by atoms with E-state index >= 15 is 0 Å². The number of amides is 2. The summed E-state index contributed by atoms with van der Waals surface area (Å²) in [6, 6.07) is 13.7. The van der Waals surface area contributed by atoms with Crippen molar-refractivity contribution in [1.29, 1.82) is 0 Å². The number of aryl methyl sites for hydroxylation is 1. The van der Waals surface area contributed by atoms with Gasteiger partial charge in [-0.05, 0) is 50.2 Å². The molecular formula is C20H23ClN2O3. The van der Waals surface area contributed by atoms with Gasteiger partial charge < -0.3 is 15.0 Å². The quantitative estimate of drug-likeness (QED) is 0.808. The smallest absolute Gasteiger partial charge is 0.251 e. The summed E-state index contributed by atoms with van der Waals surface area (Å²) in [5.41, 5.74) is 1.53. The van der Waals surface area contributed by atoms with Crippen LogP contribution in [0.5, 0.6) is 5.75 Å². The molecule has 2 aromatic carbocycles. The fourth-order valence-electron chi connectivity index (χ4n) is 2.40. The zero-order valence-corrected chi connectivity index (χ0v) is 15.9. The average molecular weight is 375 g/mol. The number of rotatable bonds is 7. The Hall–Kier alpha value is -2.53. The summed E-state index contributed by atoms with van der Waals surface area (Å²) in [6.45, 7) is 4.35. The summed E-state index contributed by atoms with van der Waals surface area (Å²) in [7, 11) is 1.68. The Labute approximate surface area is 158 Å². The molecule has 0 aliphatic carbocycles. The van der Waals surface area contributed by atoms with E-state index in [-0.39, 0.29) is 11.8 Å². The summed E-state index contributed by atoms with van der Waals surface area (Å²) in [5, 5.41) is 3.37. The monoisotopic (exact) mass is 374 g/mol. The van der Waals surface area contributed by atoms with Crippen molar-refractivity contribution in [1.82, 2.24) is 10.2 Å². The van der Waals surface area contributed by atoms with E-state index in [1.165, 1.54) is 4.90 Å². The Kier molecular flexibility index (Phi) is 7.04. The fourth-order valence-corrected chi connectivity index (χ4v) is 2.53. The highest BCUT2D eigenvalue weighted by Gasteiger charge is 2.20. The fraction of sp³-hybridized carbons (Fsp3) is 0.300. The zero-order valence-electron chi connectivity index (χ0n) is 15.2. The van der Waals surface area contributed by atoms with Crippen molar-refractivity contribution in [2.24, 2.45) is 0 Å². The number of likely N-dealkylation sites (N-methyl/N-ethyl adjacent to an activating group) is 1. The van der Waals surface area contributed by atoms with Crippen LogP contribution in [-0.4, -0.2) is 43.0 Å². The van der Waals surface area contributed by atoms with Gasteiger partial charge in [0.2, 0.25) is 5.91 Å². The van der Waals surface area contributed by atoms with Crippen LogP contribution in [-0.2, 0) is 4.79 Å². The normalized spacial score (nSPS) is 11.5. The Morgan fingerprint density at radius 2 is 1.88 bits per heavy atom. The van der Waals surface area contributed by atoms with E-state index in [0.29, 0.717) is 29.5 Å². The van der Waals surface area contributed by atoms with Crippen molar-refractivity contribution in [3.05, 3.63) is 64.7 Å². The van der Waals surface area contributed by atoms with Gasteiger partial charge in [0.1, 0.15) is 18.4 Å². The first-order chi connectivity index (χ1) is 12.4. The molecule has 1 unspecified atom stereocenters. The minimum absolute atomic E-state index is 0.175. The second-order valence-electron chi connectivity index (χ2n) is 6.13. The maximum Gasteiger partial charge on any atom is 0.251 e. The molecule has 0 aliphatic rings. The van der Waals surface area contributed by atoms with Crippen LogP contribution in [0.4, 0.5) is 0 Å². The van der Waals surface area contributed by atoms with Crippen LogP contribution in [0.3, 0.4) is 0 Å². The van der Waals surface area contributed by atoms with Gasteiger partial charge >= 0.3 is 0 Å². The van der Waals surface area contributed by atoms with E-state index < -0.39 is 6.04 Å². The van der Waals surface area contributed by atoms with Gasteiger partial charge in [-0.1, -0.05) is 29.3 Å². The summed E-state index contributed by atoms with van der Waals surface area (Å²) in [4.78, 5) is 26.2. The molecular weight excluding hydrogens is 352 g/mol. The summed E-state index contributed by atoms with van der Waals surface area (Å²) in [6.07, 6.45) is 0. The first kappa shape index (κ1) is 19.8. The molecule has 0 radical (unpaired) electrons. The highest BCUT2D eigenvalue weighted by atomic mass is 35.5. The van der Waals surface area contributed by atoms with Crippen LogP contribution in [0.1, 0.15) is 22.8 Å². The Bertz CT molecular complexity index is 762. The number of nitrogens with one attached hydrogen (secondary N) is 1. The molecule has 0 aromatic heterocycles. The molecule has 1 N–H and O–H groups in total. The SMILES string of the molecule is Cc1cccc(C(=O)NC(C)C(=O)N(C)CCOc2ccc(Cl)cc2)c1. The lowest BCUT2D eigenvalue weighted by atomic mass is 10.1. The van der Waals surface area contributed by atoms with Gasteiger partial charge in [0.25, 0.3) is 5.91 Å². The molecule has 0 heterocycles. The number of nitrogens with zero attached hydrogens (tertiary/aromatic N) is 1. The Balaban J connectivity index is 1.80. The van der Waals surface area contributed by atoms with E-state index in [2.05, 4.69) is 5.32 Å². The summed E-state index contributed by atoms with van der Waals surface area (Å²) >= 11 is 5.82. The molecule has 6 heteroatoms. The molecule has 0 bridgehead atoms. The maximum absolute atomic E-state index is 12.4. The van der Waals surface area contributed by atoms with Crippen molar-refractivity contribution < 1.29 is 14.3 Å². The predicted molar refractivity (Wildman–Crippen MR) is 103 cm³/mol. The van der Waals surface area contributed by atoms with Gasteiger partial charge in [0, 0.05) is 17.6 Å². The van der Waals surface area contributed by atoms with E-state index in [4.69, 9.17) is 16.3 Å². The van der Waals surface area contributed by atoms with Gasteiger partial charge in [-0.3, -0.25) is 9.59 Å². The molecule has 0 spiro atoms. The van der Waals surface area contributed by atoms with Crippen LogP contribution < -0.4 is 10.1 Å². The summed E-state index contributed by atoms with van der Waals surface area (Å²) in [5.74, 6) is 0.252.